The summed E-state index contributed by atoms with van der Waals surface area (Å²) in [6, 6.07) is 6.15. The van der Waals surface area contributed by atoms with E-state index < -0.39 is 0 Å². The summed E-state index contributed by atoms with van der Waals surface area (Å²) in [6.07, 6.45) is 2.25. The van der Waals surface area contributed by atoms with E-state index in [9.17, 15) is 5.11 Å². The Kier molecular flexibility index (Phi) is 3.61. The number of thioether (sulfide) groups is 1. The Morgan fingerprint density at radius 2 is 2.26 bits per heavy atom. The highest BCUT2D eigenvalue weighted by Crippen LogP contribution is 2.48. The first-order valence-corrected chi connectivity index (χ1v) is 8.27. The molecule has 1 aromatic carbocycles. The number of hydrogen-bond acceptors (Lipinski definition) is 4. The molecular formula is C14H15IN2OS. The fourth-order valence-corrected chi connectivity index (χ4v) is 3.67. The molecule has 100 valence electrons. The van der Waals surface area contributed by atoms with E-state index in [-0.39, 0.29) is 12.0 Å². The molecular weight excluding hydrogens is 371 g/mol. The van der Waals surface area contributed by atoms with Crippen LogP contribution in [0.4, 0.5) is 11.4 Å². The SMILES string of the molecule is C=C1Nc2cc(I)ccc2N=C1SCC1(CO)CC1. The van der Waals surface area contributed by atoms with Gasteiger partial charge in [-0.15, -0.1) is 11.8 Å². The van der Waals surface area contributed by atoms with Crippen molar-refractivity contribution >= 4 is 50.8 Å². The third-order valence-corrected chi connectivity index (χ3v) is 5.57. The van der Waals surface area contributed by atoms with E-state index in [0.717, 1.165) is 40.7 Å². The van der Waals surface area contributed by atoms with Gasteiger partial charge in [-0.3, -0.25) is 0 Å². The van der Waals surface area contributed by atoms with Crippen LogP contribution in [-0.4, -0.2) is 22.5 Å². The molecule has 19 heavy (non-hydrogen) atoms. The van der Waals surface area contributed by atoms with Gasteiger partial charge >= 0.3 is 0 Å². The van der Waals surface area contributed by atoms with Crippen molar-refractivity contribution in [1.29, 1.82) is 0 Å². The van der Waals surface area contributed by atoms with Crippen molar-refractivity contribution in [3.8, 4) is 0 Å². The Bertz CT molecular complexity index is 567. The Morgan fingerprint density at radius 3 is 2.95 bits per heavy atom. The minimum Gasteiger partial charge on any atom is -0.396 e. The van der Waals surface area contributed by atoms with Gasteiger partial charge in [0.05, 0.1) is 17.1 Å². The highest BCUT2D eigenvalue weighted by Gasteiger charge is 2.42. The maximum absolute atomic E-state index is 9.35. The minimum atomic E-state index is 0.139. The molecule has 1 aliphatic carbocycles. The molecule has 1 fully saturated rings. The summed E-state index contributed by atoms with van der Waals surface area (Å²) < 4.78 is 1.18. The van der Waals surface area contributed by atoms with Gasteiger partial charge in [0.1, 0.15) is 5.04 Å². The maximum atomic E-state index is 9.35. The van der Waals surface area contributed by atoms with Crippen molar-refractivity contribution in [2.24, 2.45) is 10.4 Å². The van der Waals surface area contributed by atoms with Gasteiger partial charge in [-0.1, -0.05) is 6.58 Å². The monoisotopic (exact) mass is 386 g/mol. The van der Waals surface area contributed by atoms with Crippen LogP contribution in [0.2, 0.25) is 0 Å². The summed E-state index contributed by atoms with van der Waals surface area (Å²) in [5.41, 5.74) is 2.97. The molecule has 0 radical (unpaired) electrons. The van der Waals surface area contributed by atoms with Crippen molar-refractivity contribution in [3.05, 3.63) is 34.0 Å². The summed E-state index contributed by atoms with van der Waals surface area (Å²) in [7, 11) is 0. The second-order valence-corrected chi connectivity index (χ2v) is 7.34. The van der Waals surface area contributed by atoms with Gasteiger partial charge in [0.2, 0.25) is 0 Å². The van der Waals surface area contributed by atoms with Crippen molar-refractivity contribution in [1.82, 2.24) is 0 Å². The number of aliphatic hydroxyl groups is 1. The summed E-state index contributed by atoms with van der Waals surface area (Å²) in [4.78, 5) is 4.67. The van der Waals surface area contributed by atoms with E-state index >= 15 is 0 Å². The lowest BCUT2D eigenvalue weighted by molar-refractivity contribution is 0.228. The number of benzene rings is 1. The highest BCUT2D eigenvalue weighted by molar-refractivity contribution is 14.1. The summed E-state index contributed by atoms with van der Waals surface area (Å²) in [5.74, 6) is 0.919. The fraction of sp³-hybridized carbons (Fsp3) is 0.357. The van der Waals surface area contributed by atoms with Crippen LogP contribution >= 0.6 is 34.4 Å². The molecule has 1 aromatic rings. The van der Waals surface area contributed by atoms with Gasteiger partial charge in [0.25, 0.3) is 0 Å². The molecule has 0 bridgehead atoms. The zero-order valence-corrected chi connectivity index (χ0v) is 13.4. The molecule has 2 N–H and O–H groups in total. The molecule has 0 aromatic heterocycles. The van der Waals surface area contributed by atoms with E-state index in [1.54, 1.807) is 11.8 Å². The number of halogens is 1. The van der Waals surface area contributed by atoms with Gasteiger partial charge in [-0.05, 0) is 53.6 Å². The van der Waals surface area contributed by atoms with E-state index in [1.807, 2.05) is 6.07 Å². The van der Waals surface area contributed by atoms with Crippen LogP contribution < -0.4 is 5.32 Å². The number of nitrogens with zero attached hydrogens (tertiary/aromatic N) is 1. The third kappa shape index (κ3) is 2.83. The number of fused-ring (bicyclic) bond motifs is 1. The first-order chi connectivity index (χ1) is 9.12. The van der Waals surface area contributed by atoms with E-state index in [2.05, 4.69) is 51.6 Å². The third-order valence-electron chi connectivity index (χ3n) is 3.53. The van der Waals surface area contributed by atoms with Gasteiger partial charge in [-0.25, -0.2) is 4.99 Å². The van der Waals surface area contributed by atoms with Crippen LogP contribution in [-0.2, 0) is 0 Å². The molecule has 1 aliphatic heterocycles. The Morgan fingerprint density at radius 1 is 1.47 bits per heavy atom. The molecule has 3 nitrogen and oxygen atoms in total. The maximum Gasteiger partial charge on any atom is 0.120 e. The second-order valence-electron chi connectivity index (χ2n) is 5.13. The number of rotatable bonds is 3. The molecule has 1 heterocycles. The van der Waals surface area contributed by atoms with Crippen LogP contribution in [0.15, 0.2) is 35.5 Å². The molecule has 5 heteroatoms. The zero-order valence-electron chi connectivity index (χ0n) is 10.4. The summed E-state index contributed by atoms with van der Waals surface area (Å²) in [5, 5.41) is 13.6. The first-order valence-electron chi connectivity index (χ1n) is 6.20. The van der Waals surface area contributed by atoms with Gasteiger partial charge in [0, 0.05) is 21.3 Å². The molecule has 1 saturated carbocycles. The van der Waals surface area contributed by atoms with Crippen LogP contribution in [0, 0.1) is 8.99 Å². The van der Waals surface area contributed by atoms with E-state index in [4.69, 9.17) is 0 Å². The van der Waals surface area contributed by atoms with Crippen molar-refractivity contribution in [3.63, 3.8) is 0 Å². The predicted octanol–water partition coefficient (Wildman–Crippen LogP) is 3.77. The number of hydrogen-bond donors (Lipinski definition) is 2. The molecule has 0 saturated heterocycles. The number of aliphatic hydroxyl groups excluding tert-OH is 1. The van der Waals surface area contributed by atoms with Crippen molar-refractivity contribution < 1.29 is 5.11 Å². The quantitative estimate of drug-likeness (QED) is 0.778. The first kappa shape index (κ1) is 13.5. The van der Waals surface area contributed by atoms with E-state index in [1.165, 1.54) is 3.57 Å². The molecule has 0 spiro atoms. The Hall–Kier alpha value is -0.530. The zero-order chi connectivity index (χ0) is 13.5. The highest BCUT2D eigenvalue weighted by atomic mass is 127. The standard InChI is InChI=1S/C14H15IN2OS/c1-9-13(19-8-14(7-18)4-5-14)17-11-3-2-10(15)6-12(11)16-9/h2-3,6,16,18H,1,4-5,7-8H2. The minimum absolute atomic E-state index is 0.139. The lowest BCUT2D eigenvalue weighted by atomic mass is 10.2. The molecule has 0 atom stereocenters. The average molecular weight is 386 g/mol. The lowest BCUT2D eigenvalue weighted by Gasteiger charge is -2.21. The van der Waals surface area contributed by atoms with Crippen LogP contribution in [0.5, 0.6) is 0 Å². The Labute approximate surface area is 130 Å². The Balaban J connectivity index is 1.78. The van der Waals surface area contributed by atoms with Crippen molar-refractivity contribution in [2.45, 2.75) is 12.8 Å². The van der Waals surface area contributed by atoms with Crippen LogP contribution in [0.1, 0.15) is 12.8 Å². The number of aliphatic imine (C=N–C) groups is 1. The van der Waals surface area contributed by atoms with Crippen LogP contribution in [0.3, 0.4) is 0 Å². The molecule has 0 amide bonds. The van der Waals surface area contributed by atoms with Gasteiger partial charge < -0.3 is 10.4 Å². The number of nitrogens with one attached hydrogen (secondary N) is 1. The summed E-state index contributed by atoms with van der Waals surface area (Å²) >= 11 is 3.98. The average Bonchev–Trinajstić information content (AvgIpc) is 3.17. The van der Waals surface area contributed by atoms with Crippen LogP contribution in [0.25, 0.3) is 0 Å². The molecule has 0 unspecified atom stereocenters. The predicted molar refractivity (Wildman–Crippen MR) is 90.2 cm³/mol. The fourth-order valence-electron chi connectivity index (χ4n) is 1.96. The normalized spacial score (nSPS) is 19.5. The molecule has 3 rings (SSSR count). The largest absolute Gasteiger partial charge is 0.396 e. The van der Waals surface area contributed by atoms with Crippen molar-refractivity contribution in [2.75, 3.05) is 17.7 Å². The summed E-state index contributed by atoms with van der Waals surface area (Å²) in [6.45, 7) is 4.32. The van der Waals surface area contributed by atoms with Gasteiger partial charge in [-0.2, -0.15) is 0 Å². The number of anilines is 1. The topological polar surface area (TPSA) is 44.6 Å². The second kappa shape index (κ2) is 5.10. The smallest absolute Gasteiger partial charge is 0.120 e. The lowest BCUT2D eigenvalue weighted by Crippen LogP contribution is -2.16. The molecule has 2 aliphatic rings. The van der Waals surface area contributed by atoms with E-state index in [0.29, 0.717) is 0 Å². The van der Waals surface area contributed by atoms with Gasteiger partial charge in [0.15, 0.2) is 0 Å².